The highest BCUT2D eigenvalue weighted by molar-refractivity contribution is 6.36. The molecule has 33 heavy (non-hydrogen) atoms. The summed E-state index contributed by atoms with van der Waals surface area (Å²) < 4.78 is 1.88. The summed E-state index contributed by atoms with van der Waals surface area (Å²) in [6.45, 7) is 6.07. The van der Waals surface area contributed by atoms with Crippen LogP contribution in [-0.4, -0.2) is 57.7 Å². The molecule has 8 nitrogen and oxygen atoms in total. The van der Waals surface area contributed by atoms with E-state index < -0.39 is 0 Å². The summed E-state index contributed by atoms with van der Waals surface area (Å²) in [5.74, 6) is -0.214. The zero-order valence-corrected chi connectivity index (χ0v) is 20.2. The van der Waals surface area contributed by atoms with Gasteiger partial charge >= 0.3 is 0 Å². The summed E-state index contributed by atoms with van der Waals surface area (Å²) in [7, 11) is 4.04. The second-order valence-corrected chi connectivity index (χ2v) is 9.27. The van der Waals surface area contributed by atoms with Crippen molar-refractivity contribution in [2.45, 2.75) is 33.4 Å². The number of fused-ring (bicyclic) bond motifs is 1. The molecule has 9 heteroatoms. The van der Waals surface area contributed by atoms with Gasteiger partial charge in [0.1, 0.15) is 0 Å². The van der Waals surface area contributed by atoms with E-state index in [0.717, 1.165) is 41.0 Å². The Bertz CT molecular complexity index is 1280. The van der Waals surface area contributed by atoms with Crippen molar-refractivity contribution in [2.75, 3.05) is 32.9 Å². The van der Waals surface area contributed by atoms with E-state index in [0.29, 0.717) is 29.8 Å². The van der Waals surface area contributed by atoms with E-state index in [1.165, 1.54) is 0 Å². The molecule has 1 amide bonds. The lowest BCUT2D eigenvalue weighted by molar-refractivity contribution is 0.0726. The molecule has 174 valence electrons. The third-order valence-electron chi connectivity index (χ3n) is 6.10. The number of pyridine rings is 1. The normalized spacial score (nSPS) is 13.6. The largest absolute Gasteiger partial charge is 0.397 e. The Balaban J connectivity index is 1.69. The quantitative estimate of drug-likeness (QED) is 0.542. The van der Waals surface area contributed by atoms with E-state index in [-0.39, 0.29) is 23.0 Å². The molecular formula is C24H29ClN6O2. The van der Waals surface area contributed by atoms with Gasteiger partial charge in [0.05, 0.1) is 35.6 Å². The van der Waals surface area contributed by atoms with E-state index in [2.05, 4.69) is 15.0 Å². The highest BCUT2D eigenvalue weighted by Gasteiger charge is 2.31. The number of nitrogens with one attached hydrogen (secondary N) is 1. The molecule has 0 saturated heterocycles. The van der Waals surface area contributed by atoms with Crippen LogP contribution in [0.15, 0.2) is 29.3 Å². The minimum absolute atomic E-state index is 0.171. The van der Waals surface area contributed by atoms with Gasteiger partial charge in [-0.2, -0.15) is 5.10 Å². The molecule has 0 fully saturated rings. The van der Waals surface area contributed by atoms with E-state index in [1.807, 2.05) is 51.0 Å². The lowest BCUT2D eigenvalue weighted by Crippen LogP contribution is -2.39. The fraction of sp³-hybridized carbons (Fsp3) is 0.375. The number of hydrogen-bond acceptors (Lipinski definition) is 5. The van der Waals surface area contributed by atoms with E-state index in [4.69, 9.17) is 17.3 Å². The van der Waals surface area contributed by atoms with Crippen LogP contribution in [-0.2, 0) is 19.5 Å². The Labute approximate surface area is 198 Å². The Morgan fingerprint density at radius 1 is 1.24 bits per heavy atom. The average molecular weight is 469 g/mol. The first-order valence-corrected chi connectivity index (χ1v) is 11.3. The number of nitrogens with two attached hydrogens (primary N) is 1. The summed E-state index contributed by atoms with van der Waals surface area (Å²) in [5, 5.41) is 4.73. The topological polar surface area (TPSA) is 100 Å². The van der Waals surface area contributed by atoms with Crippen molar-refractivity contribution >= 4 is 23.2 Å². The predicted molar refractivity (Wildman–Crippen MR) is 131 cm³/mol. The minimum atomic E-state index is -0.214. The van der Waals surface area contributed by atoms with E-state index >= 15 is 0 Å². The second-order valence-electron chi connectivity index (χ2n) is 8.90. The van der Waals surface area contributed by atoms with Gasteiger partial charge in [0.15, 0.2) is 0 Å². The number of nitrogen functional groups attached to an aromatic ring is 1. The number of nitrogens with zero attached hydrogens (tertiary/aromatic N) is 4. The Hall–Kier alpha value is -3.10. The maximum Gasteiger partial charge on any atom is 0.256 e. The van der Waals surface area contributed by atoms with Gasteiger partial charge in [0.2, 0.25) is 0 Å². The van der Waals surface area contributed by atoms with Gasteiger partial charge in [0.25, 0.3) is 11.5 Å². The van der Waals surface area contributed by atoms with Crippen molar-refractivity contribution in [1.29, 1.82) is 0 Å². The standard InChI is InChI=1S/C24H29ClN6O2/c1-14-9-15(2)28-23(32)19(14)13-30-6-5-17-18(10-20(26)22(25)21(17)24(30)33)16-11-27-31(12-16)8-7-29(3)4/h9-12H,5-8,13,26H2,1-4H3,(H,28,32). The third-order valence-corrected chi connectivity index (χ3v) is 6.50. The van der Waals surface area contributed by atoms with Gasteiger partial charge in [-0.1, -0.05) is 11.6 Å². The third kappa shape index (κ3) is 4.54. The molecule has 0 saturated carbocycles. The lowest BCUT2D eigenvalue weighted by atomic mass is 9.90. The van der Waals surface area contributed by atoms with Crippen molar-refractivity contribution in [3.8, 4) is 11.1 Å². The maximum absolute atomic E-state index is 13.5. The summed E-state index contributed by atoms with van der Waals surface area (Å²) in [6, 6.07) is 3.74. The molecule has 0 radical (unpaired) electrons. The number of hydrogen-bond donors (Lipinski definition) is 2. The van der Waals surface area contributed by atoms with Crippen LogP contribution in [0.25, 0.3) is 11.1 Å². The van der Waals surface area contributed by atoms with Crippen LogP contribution in [0.1, 0.15) is 32.7 Å². The maximum atomic E-state index is 13.5. The highest BCUT2D eigenvalue weighted by atomic mass is 35.5. The Morgan fingerprint density at radius 3 is 2.70 bits per heavy atom. The summed E-state index contributed by atoms with van der Waals surface area (Å²) in [6.07, 6.45) is 4.38. The summed E-state index contributed by atoms with van der Waals surface area (Å²) in [5.41, 5.74) is 11.7. The van der Waals surface area contributed by atoms with Gasteiger partial charge in [-0.05, 0) is 63.2 Å². The van der Waals surface area contributed by atoms with Gasteiger partial charge in [-0.15, -0.1) is 0 Å². The van der Waals surface area contributed by atoms with Crippen molar-refractivity contribution in [1.82, 2.24) is 24.6 Å². The first kappa shape index (κ1) is 23.1. The number of rotatable bonds is 6. The number of benzene rings is 1. The Morgan fingerprint density at radius 2 is 2.00 bits per heavy atom. The number of carbonyl (C=O) groups excluding carboxylic acids is 1. The van der Waals surface area contributed by atoms with Crippen molar-refractivity contribution < 1.29 is 4.79 Å². The van der Waals surface area contributed by atoms with Crippen LogP contribution >= 0.6 is 11.6 Å². The van der Waals surface area contributed by atoms with Crippen LogP contribution in [0.3, 0.4) is 0 Å². The molecule has 3 aromatic rings. The van der Waals surface area contributed by atoms with Crippen molar-refractivity contribution in [3.05, 3.63) is 67.9 Å². The predicted octanol–water partition coefficient (Wildman–Crippen LogP) is 2.85. The molecular weight excluding hydrogens is 440 g/mol. The number of aromatic nitrogens is 3. The number of H-pyrrole nitrogens is 1. The van der Waals surface area contributed by atoms with Crippen LogP contribution < -0.4 is 11.3 Å². The summed E-state index contributed by atoms with van der Waals surface area (Å²) >= 11 is 6.54. The van der Waals surface area contributed by atoms with Crippen molar-refractivity contribution in [2.24, 2.45) is 0 Å². The van der Waals surface area contributed by atoms with Gasteiger partial charge in [0, 0.05) is 36.1 Å². The monoisotopic (exact) mass is 468 g/mol. The zero-order valence-electron chi connectivity index (χ0n) is 19.4. The lowest BCUT2D eigenvalue weighted by Gasteiger charge is -2.31. The van der Waals surface area contributed by atoms with Gasteiger partial charge in [-0.25, -0.2) is 0 Å². The number of anilines is 1. The second kappa shape index (κ2) is 9.03. The molecule has 0 atom stereocenters. The summed E-state index contributed by atoms with van der Waals surface area (Å²) in [4.78, 5) is 32.6. The van der Waals surface area contributed by atoms with Crippen molar-refractivity contribution in [3.63, 3.8) is 0 Å². The minimum Gasteiger partial charge on any atom is -0.397 e. The molecule has 1 aliphatic rings. The zero-order chi connectivity index (χ0) is 23.9. The van der Waals surface area contributed by atoms with E-state index in [9.17, 15) is 9.59 Å². The van der Waals surface area contributed by atoms with E-state index in [1.54, 1.807) is 11.1 Å². The fourth-order valence-electron chi connectivity index (χ4n) is 4.31. The molecule has 3 heterocycles. The SMILES string of the molecule is Cc1cc(C)c(CN2CCc3c(-c4cnn(CCN(C)C)c4)cc(N)c(Cl)c3C2=O)c(=O)[nH]1. The van der Waals surface area contributed by atoms with Gasteiger partial charge in [-0.3, -0.25) is 14.3 Å². The first-order chi connectivity index (χ1) is 15.7. The van der Waals surface area contributed by atoms with Crippen LogP contribution in [0.4, 0.5) is 5.69 Å². The number of aromatic amines is 1. The molecule has 0 aliphatic carbocycles. The smallest absolute Gasteiger partial charge is 0.256 e. The molecule has 0 unspecified atom stereocenters. The number of carbonyl (C=O) groups is 1. The number of aryl methyl sites for hydroxylation is 2. The molecule has 4 rings (SSSR count). The average Bonchev–Trinajstić information content (AvgIpc) is 3.21. The van der Waals surface area contributed by atoms with Gasteiger partial charge < -0.3 is 20.5 Å². The van der Waals surface area contributed by atoms with Crippen LogP contribution in [0, 0.1) is 13.8 Å². The first-order valence-electron chi connectivity index (χ1n) is 10.9. The highest BCUT2D eigenvalue weighted by Crippen LogP contribution is 2.38. The molecule has 3 N–H and O–H groups in total. The molecule has 1 aliphatic heterocycles. The Kier molecular flexibility index (Phi) is 6.32. The molecule has 0 bridgehead atoms. The molecule has 2 aromatic heterocycles. The number of halogens is 1. The fourth-order valence-corrected chi connectivity index (χ4v) is 4.56. The number of likely N-dealkylation sites (N-methyl/N-ethyl adjacent to an activating group) is 1. The van der Waals surface area contributed by atoms with Crippen LogP contribution in [0.5, 0.6) is 0 Å². The molecule has 0 spiro atoms. The number of amides is 1. The van der Waals surface area contributed by atoms with Crippen LogP contribution in [0.2, 0.25) is 5.02 Å². The molecule has 1 aromatic carbocycles.